The van der Waals surface area contributed by atoms with Crippen LogP contribution in [-0.2, 0) is 9.53 Å². The summed E-state index contributed by atoms with van der Waals surface area (Å²) in [4.78, 5) is 38.6. The lowest BCUT2D eigenvalue weighted by Crippen LogP contribution is -2.38. The zero-order chi connectivity index (χ0) is 17.8. The fourth-order valence-corrected chi connectivity index (χ4v) is 4.04. The van der Waals surface area contributed by atoms with Gasteiger partial charge in [0.25, 0.3) is 11.8 Å². The summed E-state index contributed by atoms with van der Waals surface area (Å²) in [6, 6.07) is 6.82. The van der Waals surface area contributed by atoms with Crippen LogP contribution in [0.25, 0.3) is 0 Å². The molecule has 1 aromatic carbocycles. The second kappa shape index (κ2) is 7.81. The summed E-state index contributed by atoms with van der Waals surface area (Å²) in [5, 5.41) is 0. The molecular formula is C20H25NO4. The minimum absolute atomic E-state index is 0.107. The number of fused-ring (bicyclic) bond motifs is 1. The van der Waals surface area contributed by atoms with Crippen molar-refractivity contribution in [2.24, 2.45) is 11.8 Å². The quantitative estimate of drug-likeness (QED) is 0.467. The standard InChI is InChI=1S/C20H25NO4/c1-25-20(24)15(12-14-8-4-2-3-5-9-14)13-21-18(22)16-10-6-7-11-17(16)19(21)23/h6-7,10-11,14-15H,2-5,8-9,12-13H2,1H3. The lowest BCUT2D eigenvalue weighted by Gasteiger charge is -2.24. The Morgan fingerprint density at radius 3 is 2.16 bits per heavy atom. The van der Waals surface area contributed by atoms with E-state index in [1.54, 1.807) is 24.3 Å². The second-order valence-electron chi connectivity index (χ2n) is 7.08. The zero-order valence-electron chi connectivity index (χ0n) is 14.7. The molecule has 0 N–H and O–H groups in total. The zero-order valence-corrected chi connectivity index (χ0v) is 14.7. The highest BCUT2D eigenvalue weighted by molar-refractivity contribution is 6.21. The normalized spacial score (nSPS) is 19.5. The van der Waals surface area contributed by atoms with Gasteiger partial charge < -0.3 is 4.74 Å². The van der Waals surface area contributed by atoms with Crippen LogP contribution in [0.3, 0.4) is 0 Å². The van der Waals surface area contributed by atoms with Gasteiger partial charge in [0.2, 0.25) is 0 Å². The van der Waals surface area contributed by atoms with Crippen LogP contribution in [0.4, 0.5) is 0 Å². The van der Waals surface area contributed by atoms with Crippen LogP contribution in [0.1, 0.15) is 65.7 Å². The smallest absolute Gasteiger partial charge is 0.310 e. The number of nitrogens with zero attached hydrogens (tertiary/aromatic N) is 1. The van der Waals surface area contributed by atoms with Gasteiger partial charge in [-0.1, -0.05) is 50.7 Å². The Labute approximate surface area is 148 Å². The molecule has 3 rings (SSSR count). The van der Waals surface area contributed by atoms with Crippen molar-refractivity contribution in [3.05, 3.63) is 35.4 Å². The number of methoxy groups -OCH3 is 1. The number of amides is 2. The van der Waals surface area contributed by atoms with Gasteiger partial charge in [-0.05, 0) is 24.5 Å². The first-order chi connectivity index (χ1) is 12.1. The highest BCUT2D eigenvalue weighted by Crippen LogP contribution is 2.30. The molecule has 25 heavy (non-hydrogen) atoms. The van der Waals surface area contributed by atoms with Crippen LogP contribution < -0.4 is 0 Å². The summed E-state index contributed by atoms with van der Waals surface area (Å²) in [7, 11) is 1.37. The largest absolute Gasteiger partial charge is 0.469 e. The fourth-order valence-electron chi connectivity index (χ4n) is 4.04. The van der Waals surface area contributed by atoms with Crippen molar-refractivity contribution in [3.63, 3.8) is 0 Å². The van der Waals surface area contributed by atoms with E-state index < -0.39 is 5.92 Å². The number of esters is 1. The Bertz CT molecular complexity index is 626. The van der Waals surface area contributed by atoms with Gasteiger partial charge >= 0.3 is 5.97 Å². The van der Waals surface area contributed by atoms with E-state index in [1.807, 2.05) is 0 Å². The molecule has 2 aliphatic rings. The van der Waals surface area contributed by atoms with E-state index in [4.69, 9.17) is 4.74 Å². The van der Waals surface area contributed by atoms with Crippen molar-refractivity contribution in [1.82, 2.24) is 4.90 Å². The van der Waals surface area contributed by atoms with Gasteiger partial charge in [-0.2, -0.15) is 0 Å². The maximum Gasteiger partial charge on any atom is 0.310 e. The van der Waals surface area contributed by atoms with E-state index in [-0.39, 0.29) is 24.3 Å². The number of rotatable bonds is 5. The van der Waals surface area contributed by atoms with Crippen molar-refractivity contribution in [2.45, 2.75) is 44.9 Å². The number of benzene rings is 1. The number of imide groups is 1. The molecular weight excluding hydrogens is 318 g/mol. The Morgan fingerprint density at radius 2 is 1.64 bits per heavy atom. The molecule has 0 spiro atoms. The van der Waals surface area contributed by atoms with Gasteiger partial charge in [0.1, 0.15) is 0 Å². The Kier molecular flexibility index (Phi) is 5.51. The maximum atomic E-state index is 12.6. The second-order valence-corrected chi connectivity index (χ2v) is 7.08. The van der Waals surface area contributed by atoms with Crippen molar-refractivity contribution in [1.29, 1.82) is 0 Å². The van der Waals surface area contributed by atoms with Crippen molar-refractivity contribution in [3.8, 4) is 0 Å². The number of hydrogen-bond donors (Lipinski definition) is 0. The minimum Gasteiger partial charge on any atom is -0.469 e. The summed E-state index contributed by atoms with van der Waals surface area (Å²) in [6.07, 6.45) is 7.76. The number of carbonyl (C=O) groups excluding carboxylic acids is 3. The third-order valence-corrected chi connectivity index (χ3v) is 5.41. The van der Waals surface area contributed by atoms with E-state index in [0.717, 1.165) is 12.8 Å². The minimum atomic E-state index is -0.449. The molecule has 1 saturated carbocycles. The Morgan fingerprint density at radius 1 is 1.08 bits per heavy atom. The van der Waals surface area contributed by atoms with Crippen molar-refractivity contribution < 1.29 is 19.1 Å². The van der Waals surface area contributed by atoms with Crippen LogP contribution in [0, 0.1) is 11.8 Å². The van der Waals surface area contributed by atoms with Gasteiger partial charge in [0, 0.05) is 6.54 Å². The van der Waals surface area contributed by atoms with Crippen LogP contribution >= 0.6 is 0 Å². The third kappa shape index (κ3) is 3.75. The van der Waals surface area contributed by atoms with E-state index in [2.05, 4.69) is 0 Å². The highest BCUT2D eigenvalue weighted by atomic mass is 16.5. The predicted octanol–water partition coefficient (Wildman–Crippen LogP) is 3.43. The molecule has 5 nitrogen and oxygen atoms in total. The predicted molar refractivity (Wildman–Crippen MR) is 93.1 cm³/mol. The maximum absolute atomic E-state index is 12.6. The highest BCUT2D eigenvalue weighted by Gasteiger charge is 2.38. The fraction of sp³-hybridized carbons (Fsp3) is 0.550. The monoisotopic (exact) mass is 343 g/mol. The first-order valence-electron chi connectivity index (χ1n) is 9.15. The summed E-state index contributed by atoms with van der Waals surface area (Å²) in [5.74, 6) is -0.941. The Balaban J connectivity index is 1.73. The molecule has 134 valence electrons. The van der Waals surface area contributed by atoms with Crippen molar-refractivity contribution in [2.75, 3.05) is 13.7 Å². The topological polar surface area (TPSA) is 63.7 Å². The lowest BCUT2D eigenvalue weighted by atomic mass is 9.88. The van der Waals surface area contributed by atoms with Crippen LogP contribution in [0.2, 0.25) is 0 Å². The molecule has 1 aliphatic heterocycles. The summed E-state index contributed by atoms with van der Waals surface area (Å²) < 4.78 is 4.95. The lowest BCUT2D eigenvalue weighted by molar-refractivity contribution is -0.146. The van der Waals surface area contributed by atoms with Crippen LogP contribution in [-0.4, -0.2) is 36.3 Å². The van der Waals surface area contributed by atoms with Gasteiger partial charge in [0.05, 0.1) is 24.2 Å². The summed E-state index contributed by atoms with van der Waals surface area (Å²) in [6.45, 7) is 0.107. The molecule has 0 saturated heterocycles. The number of hydrogen-bond acceptors (Lipinski definition) is 4. The molecule has 0 radical (unpaired) electrons. The molecule has 0 aromatic heterocycles. The average Bonchev–Trinajstić information content (AvgIpc) is 2.82. The van der Waals surface area contributed by atoms with Gasteiger partial charge in [0.15, 0.2) is 0 Å². The molecule has 0 bridgehead atoms. The molecule has 1 aliphatic carbocycles. The molecule has 1 aromatic rings. The van der Waals surface area contributed by atoms with Gasteiger partial charge in [-0.15, -0.1) is 0 Å². The number of carbonyl (C=O) groups is 3. The first-order valence-corrected chi connectivity index (χ1v) is 9.15. The molecule has 2 amide bonds. The van der Waals surface area contributed by atoms with Gasteiger partial charge in [-0.3, -0.25) is 19.3 Å². The van der Waals surface area contributed by atoms with Crippen molar-refractivity contribution >= 4 is 17.8 Å². The molecule has 1 atom stereocenters. The Hall–Kier alpha value is -2.17. The summed E-state index contributed by atoms with van der Waals surface area (Å²) >= 11 is 0. The average molecular weight is 343 g/mol. The SMILES string of the molecule is COC(=O)C(CC1CCCCCC1)CN1C(=O)c2ccccc2C1=O. The molecule has 5 heteroatoms. The van der Waals surface area contributed by atoms with E-state index in [9.17, 15) is 14.4 Å². The van der Waals surface area contributed by atoms with Crippen LogP contribution in [0.15, 0.2) is 24.3 Å². The summed E-state index contributed by atoms with van der Waals surface area (Å²) in [5.41, 5.74) is 0.844. The third-order valence-electron chi connectivity index (χ3n) is 5.41. The van der Waals surface area contributed by atoms with Crippen LogP contribution in [0.5, 0.6) is 0 Å². The van der Waals surface area contributed by atoms with E-state index in [1.165, 1.54) is 37.7 Å². The van der Waals surface area contributed by atoms with Gasteiger partial charge in [-0.25, -0.2) is 0 Å². The molecule has 1 unspecified atom stereocenters. The first kappa shape index (κ1) is 17.6. The van der Waals surface area contributed by atoms with E-state index in [0.29, 0.717) is 23.5 Å². The molecule has 1 heterocycles. The number of ether oxygens (including phenoxy) is 1. The molecule has 1 fully saturated rings. The van der Waals surface area contributed by atoms with E-state index >= 15 is 0 Å².